The van der Waals surface area contributed by atoms with Gasteiger partial charge in [0.15, 0.2) is 5.78 Å². The van der Waals surface area contributed by atoms with Gasteiger partial charge in [-0.1, -0.05) is 61.5 Å². The van der Waals surface area contributed by atoms with Crippen LogP contribution in [0.15, 0.2) is 59.8 Å². The van der Waals surface area contributed by atoms with E-state index in [0.717, 1.165) is 52.5 Å². The molecule has 3 aromatic carbocycles. The van der Waals surface area contributed by atoms with Gasteiger partial charge in [0.2, 0.25) is 0 Å². The Morgan fingerprint density at radius 2 is 1.74 bits per heavy atom. The quantitative estimate of drug-likeness (QED) is 0.112. The lowest BCUT2D eigenvalue weighted by molar-refractivity contribution is -0.140. The van der Waals surface area contributed by atoms with Crippen LogP contribution in [0.2, 0.25) is 0 Å². The SMILES string of the molecule is CC(=O)O/N=C(/CCC1CCCC1)c1cc2c3c(c1)c1cc(C(=O)c4cccc(C)c4)ccc1n3CC2C. The maximum Gasteiger partial charge on any atom is 0.331 e. The molecule has 1 aliphatic heterocycles. The zero-order valence-corrected chi connectivity index (χ0v) is 22.4. The molecule has 2 heterocycles. The van der Waals surface area contributed by atoms with Crippen LogP contribution in [0.3, 0.4) is 0 Å². The van der Waals surface area contributed by atoms with Gasteiger partial charge >= 0.3 is 5.97 Å². The fourth-order valence-corrected chi connectivity index (χ4v) is 6.47. The number of benzene rings is 3. The number of carbonyl (C=O) groups is 2. The number of oxime groups is 1. The lowest BCUT2D eigenvalue weighted by Gasteiger charge is -2.13. The standard InChI is InChI=1S/C33H34N2O3/c1-20-7-6-10-24(15-20)33(37)25-12-14-31-28(16-25)29-18-26(17-27-21(2)19-35(31)32(27)29)30(34-38-22(3)36)13-11-23-8-4-5-9-23/h6-7,10,12,14-18,21,23H,4-5,8-9,11,13,19H2,1-3H3/b34-30-. The number of nitrogens with zero attached hydrogens (tertiary/aromatic N) is 2. The third-order valence-electron chi connectivity index (χ3n) is 8.40. The molecule has 4 aromatic rings. The Morgan fingerprint density at radius 3 is 2.50 bits per heavy atom. The van der Waals surface area contributed by atoms with Crippen LogP contribution in [0.4, 0.5) is 0 Å². The van der Waals surface area contributed by atoms with Crippen molar-refractivity contribution in [2.75, 3.05) is 0 Å². The second-order valence-electron chi connectivity index (χ2n) is 11.2. The molecule has 1 unspecified atom stereocenters. The van der Waals surface area contributed by atoms with Crippen LogP contribution in [0.5, 0.6) is 0 Å². The molecule has 0 bridgehead atoms. The monoisotopic (exact) mass is 506 g/mol. The van der Waals surface area contributed by atoms with E-state index in [2.05, 4.69) is 34.8 Å². The van der Waals surface area contributed by atoms with Gasteiger partial charge in [0.05, 0.1) is 11.2 Å². The summed E-state index contributed by atoms with van der Waals surface area (Å²) in [6.07, 6.45) is 6.99. The molecule has 0 saturated heterocycles. The van der Waals surface area contributed by atoms with E-state index < -0.39 is 5.97 Å². The molecule has 38 heavy (non-hydrogen) atoms. The lowest BCUT2D eigenvalue weighted by Crippen LogP contribution is -2.08. The van der Waals surface area contributed by atoms with Crippen molar-refractivity contribution in [1.82, 2.24) is 4.57 Å². The van der Waals surface area contributed by atoms with Crippen LogP contribution in [0.25, 0.3) is 21.8 Å². The highest BCUT2D eigenvalue weighted by molar-refractivity contribution is 6.17. The molecule has 5 nitrogen and oxygen atoms in total. The summed E-state index contributed by atoms with van der Waals surface area (Å²) < 4.78 is 2.39. The Labute approximate surface area is 223 Å². The second kappa shape index (κ2) is 9.86. The maximum absolute atomic E-state index is 13.4. The number of aryl methyl sites for hydroxylation is 1. The van der Waals surface area contributed by atoms with Crippen molar-refractivity contribution < 1.29 is 14.4 Å². The molecule has 1 fully saturated rings. The van der Waals surface area contributed by atoms with Crippen molar-refractivity contribution in [3.63, 3.8) is 0 Å². The highest BCUT2D eigenvalue weighted by atomic mass is 16.7. The lowest BCUT2D eigenvalue weighted by atomic mass is 9.92. The number of rotatable bonds is 7. The van der Waals surface area contributed by atoms with Crippen LogP contribution in [-0.2, 0) is 16.2 Å². The molecule has 0 radical (unpaired) electrons. The average Bonchev–Trinajstić information content (AvgIpc) is 3.62. The fourth-order valence-electron chi connectivity index (χ4n) is 6.47. The smallest absolute Gasteiger partial charge is 0.331 e. The molecule has 2 aliphatic rings. The van der Waals surface area contributed by atoms with Gasteiger partial charge in [0, 0.05) is 52.4 Å². The minimum Gasteiger partial charge on any atom is -0.340 e. The van der Waals surface area contributed by atoms with Crippen molar-refractivity contribution in [2.24, 2.45) is 11.1 Å². The Balaban J connectivity index is 1.46. The molecule has 5 heteroatoms. The molecule has 0 amide bonds. The van der Waals surface area contributed by atoms with Gasteiger partial charge in [-0.25, -0.2) is 4.79 Å². The summed E-state index contributed by atoms with van der Waals surface area (Å²) in [7, 11) is 0. The van der Waals surface area contributed by atoms with E-state index in [1.165, 1.54) is 43.7 Å². The minimum atomic E-state index is -0.404. The van der Waals surface area contributed by atoms with Crippen molar-refractivity contribution >= 4 is 39.3 Å². The van der Waals surface area contributed by atoms with Gasteiger partial charge in [0.25, 0.3) is 0 Å². The van der Waals surface area contributed by atoms with Crippen LogP contribution in [0.1, 0.15) is 90.9 Å². The summed E-state index contributed by atoms with van der Waals surface area (Å²) in [5.41, 5.74) is 7.98. The number of hydrogen-bond acceptors (Lipinski definition) is 4. The molecule has 1 aliphatic carbocycles. The Hall–Kier alpha value is -3.73. The maximum atomic E-state index is 13.4. The second-order valence-corrected chi connectivity index (χ2v) is 11.2. The largest absolute Gasteiger partial charge is 0.340 e. The molecule has 1 aromatic heterocycles. The van der Waals surface area contributed by atoms with Gasteiger partial charge < -0.3 is 9.40 Å². The summed E-state index contributed by atoms with van der Waals surface area (Å²) in [6, 6.07) is 18.3. The summed E-state index contributed by atoms with van der Waals surface area (Å²) >= 11 is 0. The zero-order valence-electron chi connectivity index (χ0n) is 22.4. The van der Waals surface area contributed by atoms with Gasteiger partial charge in [-0.15, -0.1) is 0 Å². The van der Waals surface area contributed by atoms with E-state index in [9.17, 15) is 9.59 Å². The third-order valence-corrected chi connectivity index (χ3v) is 8.40. The molecule has 6 rings (SSSR count). The topological polar surface area (TPSA) is 60.7 Å². The number of carbonyl (C=O) groups excluding carboxylic acids is 2. The molecule has 0 spiro atoms. The first-order valence-corrected chi connectivity index (χ1v) is 13.8. The van der Waals surface area contributed by atoms with Crippen molar-refractivity contribution in [2.45, 2.75) is 71.8 Å². The third kappa shape index (κ3) is 4.44. The minimum absolute atomic E-state index is 0.0342. The van der Waals surface area contributed by atoms with Gasteiger partial charge in [-0.2, -0.15) is 0 Å². The van der Waals surface area contributed by atoms with Crippen molar-refractivity contribution in [1.29, 1.82) is 0 Å². The normalized spacial score (nSPS) is 17.6. The molecule has 1 saturated carbocycles. The average molecular weight is 507 g/mol. The first-order chi connectivity index (χ1) is 18.4. The van der Waals surface area contributed by atoms with Crippen LogP contribution < -0.4 is 0 Å². The van der Waals surface area contributed by atoms with E-state index in [0.29, 0.717) is 23.0 Å². The molecule has 0 N–H and O–H groups in total. The van der Waals surface area contributed by atoms with Gasteiger partial charge in [0.1, 0.15) is 0 Å². The highest BCUT2D eigenvalue weighted by Gasteiger charge is 2.27. The van der Waals surface area contributed by atoms with E-state index >= 15 is 0 Å². The fraction of sp³-hybridized carbons (Fsp3) is 0.364. The van der Waals surface area contributed by atoms with Crippen molar-refractivity contribution in [3.05, 3.63) is 82.4 Å². The summed E-state index contributed by atoms with van der Waals surface area (Å²) in [6.45, 7) is 6.56. The Morgan fingerprint density at radius 1 is 0.974 bits per heavy atom. The Kier molecular flexibility index (Phi) is 6.38. The van der Waals surface area contributed by atoms with E-state index in [1.807, 2.05) is 43.3 Å². The number of ketones is 1. The molecular formula is C33H34N2O3. The summed E-state index contributed by atoms with van der Waals surface area (Å²) in [4.78, 5) is 30.2. The first kappa shape index (κ1) is 24.6. The summed E-state index contributed by atoms with van der Waals surface area (Å²) in [5, 5.41) is 6.55. The molecular weight excluding hydrogens is 472 g/mol. The Bertz CT molecular complexity index is 1600. The molecule has 1 atom stereocenters. The molecule has 194 valence electrons. The number of fused-ring (bicyclic) bond motifs is 3. The van der Waals surface area contributed by atoms with E-state index in [-0.39, 0.29) is 5.78 Å². The first-order valence-electron chi connectivity index (χ1n) is 13.8. The number of hydrogen-bond donors (Lipinski definition) is 0. The van der Waals surface area contributed by atoms with Gasteiger partial charge in [-0.05, 0) is 67.6 Å². The van der Waals surface area contributed by atoms with Crippen LogP contribution >= 0.6 is 0 Å². The highest BCUT2D eigenvalue weighted by Crippen LogP contribution is 2.42. The van der Waals surface area contributed by atoms with Crippen LogP contribution in [-0.4, -0.2) is 22.0 Å². The van der Waals surface area contributed by atoms with E-state index in [4.69, 9.17) is 4.84 Å². The van der Waals surface area contributed by atoms with Gasteiger partial charge in [-0.3, -0.25) is 4.79 Å². The zero-order chi connectivity index (χ0) is 26.4. The predicted molar refractivity (Wildman–Crippen MR) is 152 cm³/mol. The van der Waals surface area contributed by atoms with E-state index in [1.54, 1.807) is 0 Å². The van der Waals surface area contributed by atoms with Crippen molar-refractivity contribution in [3.8, 4) is 0 Å². The summed E-state index contributed by atoms with van der Waals surface area (Å²) in [5.74, 6) is 0.716. The predicted octanol–water partition coefficient (Wildman–Crippen LogP) is 7.69. The number of aromatic nitrogens is 1. The van der Waals surface area contributed by atoms with Crippen LogP contribution in [0, 0.1) is 12.8 Å².